The van der Waals surface area contributed by atoms with E-state index in [0.29, 0.717) is 32.7 Å². The van der Waals surface area contributed by atoms with Crippen molar-refractivity contribution in [2.75, 3.05) is 44.7 Å². The van der Waals surface area contributed by atoms with Gasteiger partial charge in [-0.2, -0.15) is 0 Å². The quantitative estimate of drug-likeness (QED) is 0.460. The Bertz CT molecular complexity index is 1130. The Morgan fingerprint density at radius 1 is 1.06 bits per heavy atom. The number of carbonyl (C=O) groups excluding carboxylic acids is 2. The van der Waals surface area contributed by atoms with E-state index in [4.69, 9.17) is 27.9 Å². The van der Waals surface area contributed by atoms with Gasteiger partial charge in [0.2, 0.25) is 0 Å². The SMILES string of the molecule is O=C(NCCCN1CCOCC1)c1ccccc1NC(=O)c1sc2cc(Cl)ccc2c1Cl. The molecule has 0 bridgehead atoms. The predicted molar refractivity (Wildman–Crippen MR) is 130 cm³/mol. The van der Waals surface area contributed by atoms with Crippen molar-refractivity contribution >= 4 is 62.1 Å². The lowest BCUT2D eigenvalue weighted by Crippen LogP contribution is -2.38. The smallest absolute Gasteiger partial charge is 0.267 e. The molecule has 0 radical (unpaired) electrons. The van der Waals surface area contributed by atoms with E-state index >= 15 is 0 Å². The largest absolute Gasteiger partial charge is 0.379 e. The Balaban J connectivity index is 1.40. The first kappa shape index (κ1) is 23.0. The predicted octanol–water partition coefficient (Wildman–Crippen LogP) is 4.91. The van der Waals surface area contributed by atoms with Crippen LogP contribution in [0.5, 0.6) is 0 Å². The molecule has 0 atom stereocenters. The van der Waals surface area contributed by atoms with Crippen LogP contribution in [0.4, 0.5) is 5.69 Å². The maximum Gasteiger partial charge on any atom is 0.267 e. The van der Waals surface area contributed by atoms with Gasteiger partial charge in [0.15, 0.2) is 0 Å². The minimum atomic E-state index is -0.361. The number of fused-ring (bicyclic) bond motifs is 1. The van der Waals surface area contributed by atoms with Crippen LogP contribution in [0.25, 0.3) is 10.1 Å². The van der Waals surface area contributed by atoms with Gasteiger partial charge in [-0.25, -0.2) is 0 Å². The van der Waals surface area contributed by atoms with Gasteiger partial charge in [0.25, 0.3) is 11.8 Å². The zero-order valence-electron chi connectivity index (χ0n) is 17.3. The summed E-state index contributed by atoms with van der Waals surface area (Å²) in [4.78, 5) is 28.4. The third-order valence-electron chi connectivity index (χ3n) is 5.26. The topological polar surface area (TPSA) is 70.7 Å². The zero-order chi connectivity index (χ0) is 22.5. The average molecular weight is 492 g/mol. The maximum atomic E-state index is 12.9. The van der Waals surface area contributed by atoms with Gasteiger partial charge in [0, 0.05) is 34.7 Å². The van der Waals surface area contributed by atoms with Crippen molar-refractivity contribution in [1.29, 1.82) is 0 Å². The molecule has 168 valence electrons. The number of thiophene rings is 1. The molecule has 32 heavy (non-hydrogen) atoms. The fourth-order valence-electron chi connectivity index (χ4n) is 3.58. The Morgan fingerprint density at radius 2 is 1.84 bits per heavy atom. The van der Waals surface area contributed by atoms with E-state index in [9.17, 15) is 9.59 Å². The molecule has 2 aromatic carbocycles. The summed E-state index contributed by atoms with van der Waals surface area (Å²) in [7, 11) is 0. The third kappa shape index (κ3) is 5.42. The summed E-state index contributed by atoms with van der Waals surface area (Å²) >= 11 is 13.8. The number of amides is 2. The summed E-state index contributed by atoms with van der Waals surface area (Å²) < 4.78 is 6.18. The third-order valence-corrected chi connectivity index (χ3v) is 7.15. The van der Waals surface area contributed by atoms with E-state index in [0.717, 1.165) is 49.4 Å². The number of ether oxygens (including phenoxy) is 1. The Hall–Kier alpha value is -2.16. The van der Waals surface area contributed by atoms with Crippen LogP contribution in [-0.4, -0.2) is 56.1 Å². The van der Waals surface area contributed by atoms with Gasteiger partial charge < -0.3 is 15.4 Å². The van der Waals surface area contributed by atoms with E-state index in [2.05, 4.69) is 15.5 Å². The number of hydrogen-bond acceptors (Lipinski definition) is 5. The van der Waals surface area contributed by atoms with Crippen LogP contribution in [0.15, 0.2) is 42.5 Å². The van der Waals surface area contributed by atoms with Crippen LogP contribution in [0.1, 0.15) is 26.5 Å². The number of rotatable bonds is 7. The molecule has 4 rings (SSSR count). The summed E-state index contributed by atoms with van der Waals surface area (Å²) in [6, 6.07) is 12.3. The van der Waals surface area contributed by atoms with Crippen molar-refractivity contribution in [2.45, 2.75) is 6.42 Å². The molecule has 1 aliphatic heterocycles. The summed E-state index contributed by atoms with van der Waals surface area (Å²) in [6.45, 7) is 4.84. The van der Waals surface area contributed by atoms with Gasteiger partial charge in [0.1, 0.15) is 4.88 Å². The molecule has 1 aromatic heterocycles. The fraction of sp³-hybridized carbons (Fsp3) is 0.304. The van der Waals surface area contributed by atoms with E-state index < -0.39 is 0 Å². The van der Waals surface area contributed by atoms with Gasteiger partial charge in [-0.3, -0.25) is 14.5 Å². The second kappa shape index (κ2) is 10.6. The molecule has 0 saturated carbocycles. The first-order chi connectivity index (χ1) is 15.5. The highest BCUT2D eigenvalue weighted by molar-refractivity contribution is 7.21. The van der Waals surface area contributed by atoms with E-state index in [1.807, 2.05) is 0 Å². The molecule has 1 aliphatic rings. The Labute approximate surface area is 200 Å². The molecule has 0 aliphatic carbocycles. The van der Waals surface area contributed by atoms with Crippen molar-refractivity contribution in [3.05, 3.63) is 63.0 Å². The fourth-order valence-corrected chi connectivity index (χ4v) is 5.27. The van der Waals surface area contributed by atoms with E-state index in [1.54, 1.807) is 42.5 Å². The molecule has 3 aromatic rings. The highest BCUT2D eigenvalue weighted by Gasteiger charge is 2.20. The molecule has 1 fully saturated rings. The van der Waals surface area contributed by atoms with Crippen molar-refractivity contribution in [1.82, 2.24) is 10.2 Å². The molecular weight excluding hydrogens is 469 g/mol. The van der Waals surface area contributed by atoms with Crippen molar-refractivity contribution < 1.29 is 14.3 Å². The van der Waals surface area contributed by atoms with Crippen molar-refractivity contribution in [2.24, 2.45) is 0 Å². The van der Waals surface area contributed by atoms with Crippen molar-refractivity contribution in [3.8, 4) is 0 Å². The van der Waals surface area contributed by atoms with Crippen LogP contribution in [-0.2, 0) is 4.74 Å². The summed E-state index contributed by atoms with van der Waals surface area (Å²) in [5.74, 6) is -0.586. The normalized spacial score (nSPS) is 14.4. The lowest BCUT2D eigenvalue weighted by molar-refractivity contribution is 0.0374. The van der Waals surface area contributed by atoms with Gasteiger partial charge in [-0.05, 0) is 37.2 Å². The molecule has 6 nitrogen and oxygen atoms in total. The highest BCUT2D eigenvalue weighted by Crippen LogP contribution is 2.37. The zero-order valence-corrected chi connectivity index (χ0v) is 19.7. The van der Waals surface area contributed by atoms with Gasteiger partial charge in [-0.15, -0.1) is 11.3 Å². The summed E-state index contributed by atoms with van der Waals surface area (Å²) in [5, 5.41) is 7.52. The summed E-state index contributed by atoms with van der Waals surface area (Å²) in [6.07, 6.45) is 0.847. The highest BCUT2D eigenvalue weighted by atomic mass is 35.5. The second-order valence-corrected chi connectivity index (χ2v) is 9.32. The van der Waals surface area contributed by atoms with E-state index in [-0.39, 0.29) is 11.8 Å². The standard InChI is InChI=1S/C23H23Cl2N3O3S/c24-15-6-7-17-19(14-15)32-21(20(17)25)23(30)27-18-5-2-1-4-16(18)22(29)26-8-3-9-28-10-12-31-13-11-28/h1-2,4-7,14H,3,8-13H2,(H,26,29)(H,27,30). The molecule has 0 unspecified atom stereocenters. The number of hydrogen-bond donors (Lipinski definition) is 2. The lowest BCUT2D eigenvalue weighted by atomic mass is 10.1. The van der Waals surface area contributed by atoms with Crippen LogP contribution in [0.3, 0.4) is 0 Å². The molecule has 0 spiro atoms. The van der Waals surface area contributed by atoms with Crippen LogP contribution in [0, 0.1) is 0 Å². The molecular formula is C23H23Cl2N3O3S. The first-order valence-corrected chi connectivity index (χ1v) is 12.0. The Kier molecular flexibility index (Phi) is 7.65. The monoisotopic (exact) mass is 491 g/mol. The van der Waals surface area contributed by atoms with Crippen molar-refractivity contribution in [3.63, 3.8) is 0 Å². The number of anilines is 1. The maximum absolute atomic E-state index is 12.9. The van der Waals surface area contributed by atoms with Crippen LogP contribution >= 0.6 is 34.5 Å². The number of halogens is 2. The molecule has 2 amide bonds. The van der Waals surface area contributed by atoms with Crippen LogP contribution in [0.2, 0.25) is 10.0 Å². The Morgan fingerprint density at radius 3 is 2.66 bits per heavy atom. The number of nitrogens with one attached hydrogen (secondary N) is 2. The van der Waals surface area contributed by atoms with Crippen LogP contribution < -0.4 is 10.6 Å². The molecule has 2 N–H and O–H groups in total. The summed E-state index contributed by atoms with van der Waals surface area (Å²) in [5.41, 5.74) is 0.849. The average Bonchev–Trinajstić information content (AvgIpc) is 3.13. The minimum Gasteiger partial charge on any atom is -0.379 e. The van der Waals surface area contributed by atoms with Gasteiger partial charge >= 0.3 is 0 Å². The van der Waals surface area contributed by atoms with E-state index in [1.165, 1.54) is 11.3 Å². The van der Waals surface area contributed by atoms with Gasteiger partial charge in [0.05, 0.1) is 29.5 Å². The molecule has 1 saturated heterocycles. The first-order valence-electron chi connectivity index (χ1n) is 10.4. The lowest BCUT2D eigenvalue weighted by Gasteiger charge is -2.26. The van der Waals surface area contributed by atoms with Gasteiger partial charge in [-0.1, -0.05) is 41.4 Å². The molecule has 9 heteroatoms. The number of benzene rings is 2. The second-order valence-electron chi connectivity index (χ2n) is 7.45. The number of nitrogens with zero attached hydrogens (tertiary/aromatic N) is 1. The number of para-hydroxylation sites is 1. The number of carbonyl (C=O) groups is 2. The number of morpholine rings is 1. The molecule has 2 heterocycles. The minimum absolute atomic E-state index is 0.225.